The van der Waals surface area contributed by atoms with Crippen LogP contribution in [-0.4, -0.2) is 36.7 Å². The van der Waals surface area contributed by atoms with Crippen LogP contribution in [0.2, 0.25) is 0 Å². The van der Waals surface area contributed by atoms with Gasteiger partial charge in [0.1, 0.15) is 11.5 Å². The van der Waals surface area contributed by atoms with E-state index in [9.17, 15) is 9.59 Å². The molecule has 0 unspecified atom stereocenters. The number of nitrogens with zero attached hydrogens (tertiary/aromatic N) is 2. The molecule has 1 aromatic rings. The third kappa shape index (κ3) is 3.63. The number of carbonyl (C=O) groups excluding carboxylic acids is 2. The van der Waals surface area contributed by atoms with Gasteiger partial charge in [0.25, 0.3) is 5.91 Å². The topological polar surface area (TPSA) is 71.0 Å². The van der Waals surface area contributed by atoms with Gasteiger partial charge in [0.05, 0.1) is 13.2 Å². The average Bonchev–Trinajstić information content (AvgIpc) is 2.55. The molecular weight excluding hydrogens is 282 g/mol. The van der Waals surface area contributed by atoms with E-state index < -0.39 is 0 Å². The summed E-state index contributed by atoms with van der Waals surface area (Å²) in [5.74, 6) is 0.488. The maximum absolute atomic E-state index is 12.3. The summed E-state index contributed by atoms with van der Waals surface area (Å²) in [7, 11) is 3.18. The van der Waals surface area contributed by atoms with Crippen molar-refractivity contribution in [2.45, 2.75) is 32.2 Å². The molecule has 0 aromatic heterocycles. The van der Waals surface area contributed by atoms with Crippen LogP contribution >= 0.6 is 0 Å². The number of ether oxygens (including phenoxy) is 1. The van der Waals surface area contributed by atoms with Crippen LogP contribution in [0.1, 0.15) is 37.8 Å². The maximum Gasteiger partial charge on any atom is 0.267 e. The lowest BCUT2D eigenvalue weighted by Gasteiger charge is -2.22. The molecule has 2 amide bonds. The van der Waals surface area contributed by atoms with Crippen molar-refractivity contribution in [3.8, 4) is 5.75 Å². The number of rotatable bonds is 5. The summed E-state index contributed by atoms with van der Waals surface area (Å²) < 4.78 is 5.14. The van der Waals surface area contributed by atoms with Gasteiger partial charge in [-0.1, -0.05) is 19.1 Å². The molecule has 118 valence electrons. The zero-order valence-corrected chi connectivity index (χ0v) is 13.1. The highest BCUT2D eigenvalue weighted by molar-refractivity contribution is 6.39. The molecule has 0 saturated carbocycles. The van der Waals surface area contributed by atoms with Crippen LogP contribution in [0.25, 0.3) is 0 Å². The summed E-state index contributed by atoms with van der Waals surface area (Å²) in [5, 5.41) is 8.25. The molecule has 22 heavy (non-hydrogen) atoms. The Hall–Kier alpha value is -2.37. The highest BCUT2D eigenvalue weighted by Crippen LogP contribution is 2.20. The van der Waals surface area contributed by atoms with Crippen LogP contribution in [-0.2, 0) is 9.59 Å². The Morgan fingerprint density at radius 2 is 2.05 bits per heavy atom. The number of benzene rings is 1. The SMILES string of the molecule is CC[C@H](NC(=O)C1=NN(C)C(=O)CC1)c1ccc(OC)cc1. The Labute approximate surface area is 130 Å². The molecule has 0 bridgehead atoms. The second-order valence-corrected chi connectivity index (χ2v) is 5.17. The van der Waals surface area contributed by atoms with Crippen LogP contribution in [0.4, 0.5) is 0 Å². The Morgan fingerprint density at radius 3 is 2.59 bits per heavy atom. The van der Waals surface area contributed by atoms with Crippen molar-refractivity contribution in [2.24, 2.45) is 5.10 Å². The molecule has 2 rings (SSSR count). The molecule has 1 heterocycles. The number of hydrazone groups is 1. The summed E-state index contributed by atoms with van der Waals surface area (Å²) >= 11 is 0. The van der Waals surface area contributed by atoms with Crippen LogP contribution in [0.3, 0.4) is 0 Å². The highest BCUT2D eigenvalue weighted by Gasteiger charge is 2.23. The van der Waals surface area contributed by atoms with Crippen molar-refractivity contribution in [3.63, 3.8) is 0 Å². The van der Waals surface area contributed by atoms with Gasteiger partial charge in [0, 0.05) is 19.9 Å². The van der Waals surface area contributed by atoms with E-state index in [1.165, 1.54) is 5.01 Å². The Kier molecular flexibility index (Phi) is 5.14. The van der Waals surface area contributed by atoms with Gasteiger partial charge in [0.2, 0.25) is 5.91 Å². The van der Waals surface area contributed by atoms with E-state index in [2.05, 4.69) is 10.4 Å². The molecule has 6 heteroatoms. The van der Waals surface area contributed by atoms with Gasteiger partial charge in [-0.2, -0.15) is 5.10 Å². The third-order valence-corrected chi connectivity index (χ3v) is 3.70. The van der Waals surface area contributed by atoms with E-state index >= 15 is 0 Å². The molecule has 0 radical (unpaired) electrons. The Balaban J connectivity index is 2.07. The molecule has 6 nitrogen and oxygen atoms in total. The van der Waals surface area contributed by atoms with Crippen LogP contribution in [0.15, 0.2) is 29.4 Å². The average molecular weight is 303 g/mol. The van der Waals surface area contributed by atoms with E-state index in [0.29, 0.717) is 18.6 Å². The second kappa shape index (κ2) is 7.06. The molecule has 1 aromatic carbocycles. The van der Waals surface area contributed by atoms with E-state index in [1.54, 1.807) is 14.2 Å². The van der Waals surface area contributed by atoms with Crippen molar-refractivity contribution >= 4 is 17.5 Å². The van der Waals surface area contributed by atoms with E-state index in [0.717, 1.165) is 17.7 Å². The molecule has 0 aliphatic carbocycles. The van der Waals surface area contributed by atoms with Crippen molar-refractivity contribution in [1.29, 1.82) is 0 Å². The molecular formula is C16H21N3O3. The number of methoxy groups -OCH3 is 1. The first-order chi connectivity index (χ1) is 10.5. The second-order valence-electron chi connectivity index (χ2n) is 5.17. The zero-order chi connectivity index (χ0) is 16.1. The lowest BCUT2D eigenvalue weighted by molar-refractivity contribution is -0.130. The minimum Gasteiger partial charge on any atom is -0.497 e. The van der Waals surface area contributed by atoms with Gasteiger partial charge in [-0.15, -0.1) is 0 Å². The first-order valence-corrected chi connectivity index (χ1v) is 7.34. The largest absolute Gasteiger partial charge is 0.497 e. The van der Waals surface area contributed by atoms with Crippen molar-refractivity contribution in [2.75, 3.05) is 14.2 Å². The number of carbonyl (C=O) groups is 2. The van der Waals surface area contributed by atoms with Gasteiger partial charge < -0.3 is 10.1 Å². The number of hydrogen-bond acceptors (Lipinski definition) is 4. The summed E-state index contributed by atoms with van der Waals surface area (Å²) in [6, 6.07) is 7.52. The lowest BCUT2D eigenvalue weighted by atomic mass is 10.0. The Bertz CT molecular complexity index is 581. The number of hydrogen-bond donors (Lipinski definition) is 1. The summed E-state index contributed by atoms with van der Waals surface area (Å²) in [5.41, 5.74) is 1.41. The first kappa shape index (κ1) is 16.0. The van der Waals surface area contributed by atoms with Gasteiger partial charge >= 0.3 is 0 Å². The van der Waals surface area contributed by atoms with Gasteiger partial charge in [-0.3, -0.25) is 9.59 Å². The predicted octanol–water partition coefficient (Wildman–Crippen LogP) is 1.87. The fourth-order valence-electron chi connectivity index (χ4n) is 2.33. The van der Waals surface area contributed by atoms with Crippen molar-refractivity contribution < 1.29 is 14.3 Å². The smallest absolute Gasteiger partial charge is 0.267 e. The fourth-order valence-corrected chi connectivity index (χ4v) is 2.33. The lowest BCUT2D eigenvalue weighted by Crippen LogP contribution is -2.39. The van der Waals surface area contributed by atoms with E-state index in [4.69, 9.17) is 4.74 Å². The highest BCUT2D eigenvalue weighted by atomic mass is 16.5. The standard InChI is InChI=1S/C16H21N3O3/c1-4-13(11-5-7-12(22-3)8-6-11)17-16(21)14-9-10-15(20)19(2)18-14/h5-8,13H,4,9-10H2,1-3H3,(H,17,21)/t13-/m0/s1. The minimum atomic E-state index is -0.220. The monoisotopic (exact) mass is 303 g/mol. The predicted molar refractivity (Wildman–Crippen MR) is 83.6 cm³/mol. The summed E-state index contributed by atoms with van der Waals surface area (Å²) in [6.07, 6.45) is 1.47. The minimum absolute atomic E-state index is 0.0706. The van der Waals surface area contributed by atoms with Gasteiger partial charge in [-0.25, -0.2) is 5.01 Å². The van der Waals surface area contributed by atoms with Crippen LogP contribution < -0.4 is 10.1 Å². The Morgan fingerprint density at radius 1 is 1.36 bits per heavy atom. The zero-order valence-electron chi connectivity index (χ0n) is 13.1. The number of amides is 2. The molecule has 1 atom stereocenters. The van der Waals surface area contributed by atoms with E-state index in [-0.39, 0.29) is 17.9 Å². The van der Waals surface area contributed by atoms with Crippen LogP contribution in [0.5, 0.6) is 5.75 Å². The van der Waals surface area contributed by atoms with Gasteiger partial charge in [-0.05, 0) is 24.1 Å². The molecule has 0 saturated heterocycles. The summed E-state index contributed by atoms with van der Waals surface area (Å²) in [4.78, 5) is 23.7. The summed E-state index contributed by atoms with van der Waals surface area (Å²) in [6.45, 7) is 2.01. The molecule has 1 aliphatic rings. The maximum atomic E-state index is 12.3. The van der Waals surface area contributed by atoms with Gasteiger partial charge in [0.15, 0.2) is 0 Å². The fraction of sp³-hybridized carbons (Fsp3) is 0.438. The number of nitrogens with one attached hydrogen (secondary N) is 1. The van der Waals surface area contributed by atoms with E-state index in [1.807, 2.05) is 31.2 Å². The first-order valence-electron chi connectivity index (χ1n) is 7.34. The molecule has 0 spiro atoms. The quantitative estimate of drug-likeness (QED) is 0.902. The molecule has 0 fully saturated rings. The molecule has 1 N–H and O–H groups in total. The third-order valence-electron chi connectivity index (χ3n) is 3.70. The normalized spacial score (nSPS) is 16.0. The van der Waals surface area contributed by atoms with Crippen LogP contribution in [0, 0.1) is 0 Å². The van der Waals surface area contributed by atoms with Crippen molar-refractivity contribution in [1.82, 2.24) is 10.3 Å². The van der Waals surface area contributed by atoms with Crippen molar-refractivity contribution in [3.05, 3.63) is 29.8 Å². The molecule has 1 aliphatic heterocycles.